The highest BCUT2D eigenvalue weighted by Crippen LogP contribution is 2.36. The van der Waals surface area contributed by atoms with E-state index in [4.69, 9.17) is 16.6 Å². The van der Waals surface area contributed by atoms with Crippen LogP contribution in [0.2, 0.25) is 5.02 Å². The van der Waals surface area contributed by atoms with E-state index >= 15 is 0 Å². The molecule has 0 bridgehead atoms. The second-order valence-corrected chi connectivity index (χ2v) is 12.2. The first kappa shape index (κ1) is 24.8. The maximum absolute atomic E-state index is 14.1. The first-order chi connectivity index (χ1) is 17.3. The number of amides is 1. The van der Waals surface area contributed by atoms with Crippen LogP contribution in [0.25, 0.3) is 10.2 Å². The SMILES string of the molecule is Cc1ccc(C)c2sc(N(Cc3ccccn3)C(=O)C3CCCN3S(=O)(=O)c3ccc(Cl)cc3)nc12. The molecule has 7 nitrogen and oxygen atoms in total. The topological polar surface area (TPSA) is 83.5 Å². The number of hydrogen-bond donors (Lipinski definition) is 0. The molecular weight excluding hydrogens is 516 g/mol. The number of carbonyl (C=O) groups excluding carboxylic acids is 1. The number of carbonyl (C=O) groups is 1. The zero-order chi connectivity index (χ0) is 25.4. The van der Waals surface area contributed by atoms with Gasteiger partial charge in [-0.3, -0.25) is 14.7 Å². The summed E-state index contributed by atoms with van der Waals surface area (Å²) >= 11 is 7.40. The number of thiazole rings is 1. The average Bonchev–Trinajstić information content (AvgIpc) is 3.54. The Labute approximate surface area is 219 Å². The van der Waals surface area contributed by atoms with Gasteiger partial charge in [-0.1, -0.05) is 41.1 Å². The normalized spacial score (nSPS) is 16.5. The van der Waals surface area contributed by atoms with Gasteiger partial charge in [0.1, 0.15) is 6.04 Å². The lowest BCUT2D eigenvalue weighted by atomic mass is 10.1. The molecule has 0 aliphatic carbocycles. The summed E-state index contributed by atoms with van der Waals surface area (Å²) < 4.78 is 29.3. The number of nitrogens with zero attached hydrogens (tertiary/aromatic N) is 4. The van der Waals surface area contributed by atoms with Gasteiger partial charge in [-0.15, -0.1) is 0 Å². The van der Waals surface area contributed by atoms with Gasteiger partial charge in [0.2, 0.25) is 15.9 Å². The molecular formula is C26H25ClN4O3S2. The molecule has 1 aliphatic heterocycles. The maximum Gasteiger partial charge on any atom is 0.247 e. The molecule has 1 fully saturated rings. The molecule has 1 aliphatic rings. The summed E-state index contributed by atoms with van der Waals surface area (Å²) in [5.41, 5.74) is 3.66. The number of sulfonamides is 1. The number of benzene rings is 2. The van der Waals surface area contributed by atoms with Crippen LogP contribution in [0.4, 0.5) is 5.13 Å². The van der Waals surface area contributed by atoms with Crippen molar-refractivity contribution >= 4 is 54.2 Å². The molecule has 1 atom stereocenters. The monoisotopic (exact) mass is 540 g/mol. The van der Waals surface area contributed by atoms with Crippen LogP contribution in [0, 0.1) is 13.8 Å². The van der Waals surface area contributed by atoms with Gasteiger partial charge in [0.15, 0.2) is 5.13 Å². The predicted molar refractivity (Wildman–Crippen MR) is 143 cm³/mol. The van der Waals surface area contributed by atoms with Gasteiger partial charge >= 0.3 is 0 Å². The smallest absolute Gasteiger partial charge is 0.247 e. The van der Waals surface area contributed by atoms with Gasteiger partial charge in [-0.05, 0) is 74.2 Å². The van der Waals surface area contributed by atoms with Crippen molar-refractivity contribution in [3.63, 3.8) is 0 Å². The molecule has 1 amide bonds. The van der Waals surface area contributed by atoms with Gasteiger partial charge in [0.05, 0.1) is 27.4 Å². The Balaban J connectivity index is 1.55. The van der Waals surface area contributed by atoms with E-state index in [9.17, 15) is 13.2 Å². The number of pyridine rings is 1. The van der Waals surface area contributed by atoms with Gasteiger partial charge < -0.3 is 0 Å². The van der Waals surface area contributed by atoms with E-state index in [1.807, 2.05) is 44.2 Å². The number of anilines is 1. The Kier molecular flexibility index (Phi) is 6.82. The van der Waals surface area contributed by atoms with E-state index in [1.54, 1.807) is 23.2 Å². The predicted octanol–water partition coefficient (Wildman–Crippen LogP) is 5.35. The van der Waals surface area contributed by atoms with Crippen LogP contribution < -0.4 is 4.90 Å². The summed E-state index contributed by atoms with van der Waals surface area (Å²) in [5.74, 6) is -0.301. The molecule has 2 aromatic heterocycles. The highest BCUT2D eigenvalue weighted by molar-refractivity contribution is 7.89. The summed E-state index contributed by atoms with van der Waals surface area (Å²) in [6.45, 7) is 4.49. The van der Waals surface area contributed by atoms with Crippen LogP contribution in [-0.4, -0.2) is 41.2 Å². The van der Waals surface area contributed by atoms with Crippen molar-refractivity contribution in [1.29, 1.82) is 0 Å². The molecule has 10 heteroatoms. The number of aromatic nitrogens is 2. The Hall–Kier alpha value is -2.85. The molecule has 5 rings (SSSR count). The highest BCUT2D eigenvalue weighted by atomic mass is 35.5. The number of hydrogen-bond acceptors (Lipinski definition) is 6. The number of halogens is 1. The molecule has 0 saturated carbocycles. The fraction of sp³-hybridized carbons (Fsp3) is 0.269. The van der Waals surface area contributed by atoms with E-state index in [0.717, 1.165) is 21.3 Å². The molecule has 3 heterocycles. The van der Waals surface area contributed by atoms with Crippen LogP contribution in [0.1, 0.15) is 29.7 Å². The van der Waals surface area contributed by atoms with Gasteiger partial charge in [0.25, 0.3) is 0 Å². The van der Waals surface area contributed by atoms with Gasteiger partial charge in [-0.25, -0.2) is 13.4 Å². The summed E-state index contributed by atoms with van der Waals surface area (Å²) in [4.78, 5) is 25.0. The lowest BCUT2D eigenvalue weighted by Crippen LogP contribution is -2.47. The summed E-state index contributed by atoms with van der Waals surface area (Å²) in [6, 6.07) is 14.8. The molecule has 0 N–H and O–H groups in total. The Morgan fingerprint density at radius 3 is 2.56 bits per heavy atom. The van der Waals surface area contributed by atoms with Crippen LogP contribution in [-0.2, 0) is 21.4 Å². The largest absolute Gasteiger partial charge is 0.281 e. The van der Waals surface area contributed by atoms with E-state index in [0.29, 0.717) is 28.7 Å². The van der Waals surface area contributed by atoms with Crippen molar-refractivity contribution < 1.29 is 13.2 Å². The van der Waals surface area contributed by atoms with Crippen LogP contribution >= 0.6 is 22.9 Å². The van der Waals surface area contributed by atoms with Crippen molar-refractivity contribution in [2.75, 3.05) is 11.4 Å². The van der Waals surface area contributed by atoms with E-state index in [2.05, 4.69) is 4.98 Å². The third-order valence-corrected chi connectivity index (χ3v) is 9.77. The molecule has 0 radical (unpaired) electrons. The summed E-state index contributed by atoms with van der Waals surface area (Å²) in [7, 11) is -3.88. The van der Waals surface area contributed by atoms with E-state index in [1.165, 1.54) is 27.8 Å². The first-order valence-corrected chi connectivity index (χ1v) is 14.2. The van der Waals surface area contributed by atoms with Gasteiger partial charge in [0, 0.05) is 17.8 Å². The number of fused-ring (bicyclic) bond motifs is 1. The van der Waals surface area contributed by atoms with Crippen molar-refractivity contribution in [3.8, 4) is 0 Å². The second-order valence-electron chi connectivity index (χ2n) is 8.85. The first-order valence-electron chi connectivity index (χ1n) is 11.6. The molecule has 186 valence electrons. The third kappa shape index (κ3) is 4.64. The van der Waals surface area contributed by atoms with Crippen molar-refractivity contribution in [2.24, 2.45) is 0 Å². The zero-order valence-corrected chi connectivity index (χ0v) is 22.3. The van der Waals surface area contributed by atoms with E-state index in [-0.39, 0.29) is 23.9 Å². The lowest BCUT2D eigenvalue weighted by Gasteiger charge is -2.28. The molecule has 1 saturated heterocycles. The molecule has 36 heavy (non-hydrogen) atoms. The zero-order valence-electron chi connectivity index (χ0n) is 19.9. The third-order valence-electron chi connectivity index (χ3n) is 6.38. The van der Waals surface area contributed by atoms with Gasteiger partial charge in [-0.2, -0.15) is 4.31 Å². The Bertz CT molecular complexity index is 1480. The number of aryl methyl sites for hydroxylation is 2. The molecule has 1 unspecified atom stereocenters. The quantitative estimate of drug-likeness (QED) is 0.329. The lowest BCUT2D eigenvalue weighted by molar-refractivity contribution is -0.121. The fourth-order valence-corrected chi connectivity index (χ4v) is 7.35. The van der Waals surface area contributed by atoms with Crippen molar-refractivity contribution in [3.05, 3.63) is 82.6 Å². The minimum absolute atomic E-state index is 0.120. The maximum atomic E-state index is 14.1. The van der Waals surface area contributed by atoms with E-state index < -0.39 is 16.1 Å². The van der Waals surface area contributed by atoms with Crippen LogP contribution in [0.15, 0.2) is 65.7 Å². The van der Waals surface area contributed by atoms with Crippen LogP contribution in [0.5, 0.6) is 0 Å². The summed E-state index contributed by atoms with van der Waals surface area (Å²) in [5, 5.41) is 0.986. The highest BCUT2D eigenvalue weighted by Gasteiger charge is 2.42. The van der Waals surface area contributed by atoms with Crippen molar-refractivity contribution in [2.45, 2.75) is 44.2 Å². The second kappa shape index (κ2) is 9.89. The molecule has 2 aromatic carbocycles. The summed E-state index contributed by atoms with van der Waals surface area (Å²) in [6.07, 6.45) is 2.71. The minimum Gasteiger partial charge on any atom is -0.281 e. The molecule has 0 spiro atoms. The van der Waals surface area contributed by atoms with Crippen LogP contribution in [0.3, 0.4) is 0 Å². The van der Waals surface area contributed by atoms with Crippen molar-refractivity contribution in [1.82, 2.24) is 14.3 Å². The minimum atomic E-state index is -3.88. The molecule has 4 aromatic rings. The Morgan fingerprint density at radius 1 is 1.11 bits per heavy atom. The fourth-order valence-electron chi connectivity index (χ4n) is 4.45. The number of rotatable bonds is 6. The average molecular weight is 541 g/mol. The standard InChI is InChI=1S/C26H25ClN4O3S2/c1-17-8-9-18(2)24-23(17)29-26(35-24)30(16-20-6-3-4-14-28-20)25(32)22-7-5-15-31(22)36(33,34)21-12-10-19(27)11-13-21/h3-4,6,8-14,22H,5,7,15-16H2,1-2H3. The Morgan fingerprint density at radius 2 is 1.86 bits per heavy atom.